The summed E-state index contributed by atoms with van der Waals surface area (Å²) in [6, 6.07) is 10.7. The molecule has 1 saturated heterocycles. The van der Waals surface area contributed by atoms with Crippen molar-refractivity contribution < 1.29 is 13.7 Å². The highest BCUT2D eigenvalue weighted by atomic mass is 19.1. The van der Waals surface area contributed by atoms with E-state index in [1.54, 1.807) is 6.07 Å². The summed E-state index contributed by atoms with van der Waals surface area (Å²) in [6.07, 6.45) is 1.95. The summed E-state index contributed by atoms with van der Waals surface area (Å²) < 4.78 is 26.0. The van der Waals surface area contributed by atoms with Crippen molar-refractivity contribution in [3.05, 3.63) is 58.4 Å². The molecule has 0 aliphatic carbocycles. The molecule has 0 aromatic heterocycles. The van der Waals surface area contributed by atoms with E-state index in [0.717, 1.165) is 27.3 Å². The summed E-state index contributed by atoms with van der Waals surface area (Å²) in [5, 5.41) is 1.59. The highest BCUT2D eigenvalue weighted by Crippen LogP contribution is 2.37. The van der Waals surface area contributed by atoms with Crippen LogP contribution in [0.25, 0.3) is 6.20 Å². The first-order valence-corrected chi connectivity index (χ1v) is 9.22. The second-order valence-electron chi connectivity index (χ2n) is 8.18. The average Bonchev–Trinajstić information content (AvgIpc) is 2.82. The van der Waals surface area contributed by atoms with Gasteiger partial charge in [0.25, 0.3) is 0 Å². The second-order valence-corrected chi connectivity index (χ2v) is 8.18. The normalized spacial score (nSPS) is 20.1. The highest BCUT2D eigenvalue weighted by Gasteiger charge is 2.52. The van der Waals surface area contributed by atoms with Crippen LogP contribution in [0, 0.1) is 12.7 Å². The van der Waals surface area contributed by atoms with Gasteiger partial charge < -0.3 is 14.2 Å². The van der Waals surface area contributed by atoms with Crippen LogP contribution in [0.4, 0.5) is 10.1 Å². The molecule has 2 aliphatic rings. The van der Waals surface area contributed by atoms with Gasteiger partial charge in [-0.1, -0.05) is 12.1 Å². The largest absolute Gasteiger partial charge is 0.495 e. The van der Waals surface area contributed by atoms with E-state index in [4.69, 9.17) is 9.31 Å². The molecule has 2 heterocycles. The van der Waals surface area contributed by atoms with Gasteiger partial charge >= 0.3 is 7.12 Å². The van der Waals surface area contributed by atoms with Crippen LogP contribution in [0.2, 0.25) is 0 Å². The van der Waals surface area contributed by atoms with E-state index in [-0.39, 0.29) is 17.0 Å². The fourth-order valence-corrected chi connectivity index (χ4v) is 3.46. The van der Waals surface area contributed by atoms with E-state index >= 15 is 0 Å². The van der Waals surface area contributed by atoms with Crippen LogP contribution < -0.4 is 20.9 Å². The van der Waals surface area contributed by atoms with Crippen molar-refractivity contribution in [2.24, 2.45) is 4.99 Å². The number of halogens is 1. The van der Waals surface area contributed by atoms with Gasteiger partial charge in [-0.05, 0) is 69.9 Å². The van der Waals surface area contributed by atoms with Gasteiger partial charge in [0.2, 0.25) is 0 Å². The molecule has 2 aliphatic heterocycles. The summed E-state index contributed by atoms with van der Waals surface area (Å²) >= 11 is 0. The molecule has 6 heteroatoms. The smallest absolute Gasteiger partial charge is 0.399 e. The Bertz CT molecular complexity index is 1000. The van der Waals surface area contributed by atoms with Crippen molar-refractivity contribution in [3.63, 3.8) is 0 Å². The highest BCUT2D eigenvalue weighted by molar-refractivity contribution is 6.62. The molecule has 1 fully saturated rings. The van der Waals surface area contributed by atoms with Crippen LogP contribution in [0.5, 0.6) is 0 Å². The maximum absolute atomic E-state index is 13.6. The maximum Gasteiger partial charge on any atom is 0.495 e. The van der Waals surface area contributed by atoms with Crippen molar-refractivity contribution in [2.45, 2.75) is 45.8 Å². The molecular weight excluding hydrogens is 342 g/mol. The van der Waals surface area contributed by atoms with Crippen LogP contribution >= 0.6 is 0 Å². The molecule has 0 atom stereocenters. The van der Waals surface area contributed by atoms with E-state index in [9.17, 15) is 4.39 Å². The predicted molar refractivity (Wildman–Crippen MR) is 106 cm³/mol. The van der Waals surface area contributed by atoms with Crippen LogP contribution in [0.1, 0.15) is 33.3 Å². The Balaban J connectivity index is 1.72. The minimum absolute atomic E-state index is 0.259. The Morgan fingerprint density at radius 3 is 2.48 bits per heavy atom. The zero-order valence-electron chi connectivity index (χ0n) is 16.4. The molecule has 4 nitrogen and oxygen atoms in total. The molecule has 27 heavy (non-hydrogen) atoms. The molecule has 0 amide bonds. The second kappa shape index (κ2) is 6.18. The minimum atomic E-state index is -0.415. The van der Waals surface area contributed by atoms with Crippen LogP contribution in [0.15, 0.2) is 41.4 Å². The molecule has 0 spiro atoms. The zero-order valence-corrected chi connectivity index (χ0v) is 16.4. The Morgan fingerprint density at radius 2 is 1.78 bits per heavy atom. The van der Waals surface area contributed by atoms with Gasteiger partial charge in [-0.25, -0.2) is 4.39 Å². The number of nitrogens with zero attached hydrogens (tertiary/aromatic N) is 2. The molecule has 4 rings (SSSR count). The fraction of sp³-hybridized carbons (Fsp3) is 0.381. The minimum Gasteiger partial charge on any atom is -0.399 e. The molecule has 0 bridgehead atoms. The molecule has 140 valence electrons. The fourth-order valence-electron chi connectivity index (χ4n) is 3.46. The number of anilines is 1. The van der Waals surface area contributed by atoms with Crippen molar-refractivity contribution in [3.8, 4) is 0 Å². The lowest BCUT2D eigenvalue weighted by Crippen LogP contribution is -2.41. The summed E-state index contributed by atoms with van der Waals surface area (Å²) in [7, 11) is -0.415. The first-order chi connectivity index (χ1) is 12.7. The standard InChI is InChI=1S/C21H24BFN2O2/c1-14-17(22-26-20(2,3)21(4,5)27-22)7-6-8-19(14)25-12-15-11-16(23)9-10-18(15)24-13-25/h6-12H,13H2,1-5H3. The summed E-state index contributed by atoms with van der Waals surface area (Å²) in [6.45, 7) is 10.8. The van der Waals surface area contributed by atoms with Crippen molar-refractivity contribution in [1.82, 2.24) is 0 Å². The maximum atomic E-state index is 13.6. The molecule has 0 unspecified atom stereocenters. The van der Waals surface area contributed by atoms with Crippen LogP contribution in [-0.4, -0.2) is 25.0 Å². The topological polar surface area (TPSA) is 34.1 Å². The Labute approximate surface area is 159 Å². The lowest BCUT2D eigenvalue weighted by atomic mass is 9.75. The number of benzene rings is 2. The molecule has 0 radical (unpaired) electrons. The third kappa shape index (κ3) is 3.07. The average molecular weight is 366 g/mol. The van der Waals surface area contributed by atoms with E-state index in [1.807, 2.05) is 29.3 Å². The number of fused-ring (bicyclic) bond motifs is 1. The predicted octanol–water partition coefficient (Wildman–Crippen LogP) is 2.27. The summed E-state index contributed by atoms with van der Waals surface area (Å²) in [5.41, 5.74) is 2.32. The Hall–Kier alpha value is -2.18. The molecular formula is C21H24BFN2O2. The summed E-state index contributed by atoms with van der Waals surface area (Å²) in [5.74, 6) is -0.259. The van der Waals surface area contributed by atoms with E-state index in [2.05, 4.69) is 39.6 Å². The van der Waals surface area contributed by atoms with Gasteiger partial charge in [-0.3, -0.25) is 4.99 Å². The Kier molecular flexibility index (Phi) is 4.16. The van der Waals surface area contributed by atoms with Gasteiger partial charge in [-0.15, -0.1) is 0 Å². The zero-order chi connectivity index (χ0) is 19.4. The number of hydrogen-bond acceptors (Lipinski definition) is 4. The van der Waals surface area contributed by atoms with E-state index < -0.39 is 7.12 Å². The third-order valence-corrected chi connectivity index (χ3v) is 5.84. The van der Waals surface area contributed by atoms with E-state index in [0.29, 0.717) is 6.67 Å². The van der Waals surface area contributed by atoms with Crippen molar-refractivity contribution >= 4 is 24.5 Å². The summed E-state index contributed by atoms with van der Waals surface area (Å²) in [4.78, 5) is 6.61. The quantitative estimate of drug-likeness (QED) is 0.765. The first kappa shape index (κ1) is 18.2. The monoisotopic (exact) mass is 366 g/mol. The lowest BCUT2D eigenvalue weighted by molar-refractivity contribution is 0.00578. The molecule has 2 aromatic carbocycles. The number of hydrogen-bond donors (Lipinski definition) is 0. The van der Waals surface area contributed by atoms with Gasteiger partial charge in [-0.2, -0.15) is 0 Å². The molecule has 2 aromatic rings. The third-order valence-electron chi connectivity index (χ3n) is 5.84. The Morgan fingerprint density at radius 1 is 1.07 bits per heavy atom. The van der Waals surface area contributed by atoms with Gasteiger partial charge in [0.15, 0.2) is 0 Å². The number of rotatable bonds is 2. The van der Waals surface area contributed by atoms with Gasteiger partial charge in [0, 0.05) is 17.1 Å². The van der Waals surface area contributed by atoms with Crippen molar-refractivity contribution in [1.29, 1.82) is 0 Å². The first-order valence-electron chi connectivity index (χ1n) is 9.22. The van der Waals surface area contributed by atoms with E-state index in [1.165, 1.54) is 12.1 Å². The molecule has 0 saturated carbocycles. The molecule has 0 N–H and O–H groups in total. The van der Waals surface area contributed by atoms with Gasteiger partial charge in [0.05, 0.1) is 16.6 Å². The SMILES string of the molecule is Cc1c(B2OC(C)(C)C(C)(C)O2)cccc1N1C=c2cc(F)ccc2=NC1. The van der Waals surface area contributed by atoms with Crippen LogP contribution in [0.3, 0.4) is 0 Å². The lowest BCUT2D eigenvalue weighted by Gasteiger charge is -2.32. The van der Waals surface area contributed by atoms with Gasteiger partial charge in [0.1, 0.15) is 12.5 Å². The van der Waals surface area contributed by atoms with Crippen molar-refractivity contribution in [2.75, 3.05) is 11.6 Å². The van der Waals surface area contributed by atoms with Crippen LogP contribution in [-0.2, 0) is 9.31 Å².